The normalized spacial score (nSPS) is 22.5. The molecule has 166 valence electrons. The Kier molecular flexibility index (Phi) is 7.55. The summed E-state index contributed by atoms with van der Waals surface area (Å²) in [7, 11) is 0. The van der Waals surface area contributed by atoms with Crippen LogP contribution >= 0.6 is 23.2 Å². The van der Waals surface area contributed by atoms with E-state index in [2.05, 4.69) is 28.1 Å². The van der Waals surface area contributed by atoms with Gasteiger partial charge in [0.1, 0.15) is 0 Å². The first kappa shape index (κ1) is 22.6. The van der Waals surface area contributed by atoms with Gasteiger partial charge in [0.15, 0.2) is 0 Å². The van der Waals surface area contributed by atoms with Gasteiger partial charge < -0.3 is 10.2 Å². The minimum atomic E-state index is 0.121. The van der Waals surface area contributed by atoms with E-state index in [0.29, 0.717) is 16.0 Å². The maximum atomic E-state index is 12.9. The predicted molar refractivity (Wildman–Crippen MR) is 129 cm³/mol. The summed E-state index contributed by atoms with van der Waals surface area (Å²) in [5, 5.41) is 4.36. The van der Waals surface area contributed by atoms with E-state index in [1.807, 2.05) is 36.4 Å². The maximum absolute atomic E-state index is 12.9. The Morgan fingerprint density at radius 2 is 1.68 bits per heavy atom. The van der Waals surface area contributed by atoms with Crippen molar-refractivity contribution < 1.29 is 4.79 Å². The summed E-state index contributed by atoms with van der Waals surface area (Å²) in [6.45, 7) is 8.14. The molecule has 1 saturated carbocycles. The molecule has 0 unspecified atom stereocenters. The standard InChI is InChI=1S/C25H31Cl2N3O/c1-18-5-8-21(9-6-18)28-25(31)22-4-2-3-20(22)17-30-13-11-29(12-14-30)16-19-7-10-23(26)24(27)15-19/h5-10,15,20,22H,2-4,11-14,16-17H2,1H3,(H,28,31)/t20-,22+/m0/s1. The van der Waals surface area contributed by atoms with Crippen LogP contribution in [0.25, 0.3) is 0 Å². The number of anilines is 1. The number of piperazine rings is 1. The van der Waals surface area contributed by atoms with Gasteiger partial charge in [-0.15, -0.1) is 0 Å². The summed E-state index contributed by atoms with van der Waals surface area (Å²) in [4.78, 5) is 17.9. The molecule has 1 aliphatic heterocycles. The minimum absolute atomic E-state index is 0.121. The van der Waals surface area contributed by atoms with E-state index in [1.165, 1.54) is 11.1 Å². The monoisotopic (exact) mass is 459 g/mol. The van der Waals surface area contributed by atoms with Gasteiger partial charge in [0, 0.05) is 50.9 Å². The number of nitrogens with zero attached hydrogens (tertiary/aromatic N) is 2. The highest BCUT2D eigenvalue weighted by Crippen LogP contribution is 2.33. The zero-order valence-electron chi connectivity index (χ0n) is 18.1. The number of hydrogen-bond acceptors (Lipinski definition) is 3. The number of hydrogen-bond donors (Lipinski definition) is 1. The van der Waals surface area contributed by atoms with Gasteiger partial charge in [-0.1, -0.05) is 53.4 Å². The Balaban J connectivity index is 1.25. The molecule has 2 aromatic carbocycles. The SMILES string of the molecule is Cc1ccc(NC(=O)[C@@H]2CCC[C@H]2CN2CCN(Cc3ccc(Cl)c(Cl)c3)CC2)cc1. The van der Waals surface area contributed by atoms with Crippen molar-refractivity contribution in [1.29, 1.82) is 0 Å². The number of rotatable bonds is 6. The lowest BCUT2D eigenvalue weighted by molar-refractivity contribution is -0.121. The van der Waals surface area contributed by atoms with Crippen LogP contribution in [0.3, 0.4) is 0 Å². The van der Waals surface area contributed by atoms with Crippen molar-refractivity contribution in [2.75, 3.05) is 38.0 Å². The Bertz CT molecular complexity index is 894. The van der Waals surface area contributed by atoms with Crippen LogP contribution in [0.2, 0.25) is 10.0 Å². The molecule has 2 fully saturated rings. The minimum Gasteiger partial charge on any atom is -0.326 e. The molecule has 2 atom stereocenters. The van der Waals surface area contributed by atoms with Crippen LogP contribution in [-0.2, 0) is 11.3 Å². The Hall–Kier alpha value is -1.59. The molecule has 0 spiro atoms. The molecule has 0 radical (unpaired) electrons. The Labute approximate surface area is 195 Å². The van der Waals surface area contributed by atoms with Crippen LogP contribution in [0.4, 0.5) is 5.69 Å². The van der Waals surface area contributed by atoms with Crippen molar-refractivity contribution in [3.05, 3.63) is 63.6 Å². The molecule has 1 aliphatic carbocycles. The van der Waals surface area contributed by atoms with Crippen LogP contribution in [0.15, 0.2) is 42.5 Å². The molecular weight excluding hydrogens is 429 g/mol. The second-order valence-corrected chi connectivity index (χ2v) is 9.79. The fraction of sp³-hybridized carbons (Fsp3) is 0.480. The molecule has 1 N–H and O–H groups in total. The molecule has 1 amide bonds. The molecule has 31 heavy (non-hydrogen) atoms. The zero-order chi connectivity index (χ0) is 21.8. The predicted octanol–water partition coefficient (Wildman–Crippen LogP) is 5.47. The molecule has 0 aromatic heterocycles. The number of nitrogens with one attached hydrogen (secondary N) is 1. The highest BCUT2D eigenvalue weighted by Gasteiger charge is 2.34. The molecule has 2 aromatic rings. The van der Waals surface area contributed by atoms with Crippen LogP contribution in [0.5, 0.6) is 0 Å². The summed E-state index contributed by atoms with van der Waals surface area (Å²) in [6, 6.07) is 14.0. The van der Waals surface area contributed by atoms with Crippen molar-refractivity contribution in [2.45, 2.75) is 32.7 Å². The van der Waals surface area contributed by atoms with E-state index < -0.39 is 0 Å². The highest BCUT2D eigenvalue weighted by molar-refractivity contribution is 6.42. The van der Waals surface area contributed by atoms with Crippen molar-refractivity contribution >= 4 is 34.8 Å². The third-order valence-corrected chi connectivity index (χ3v) is 7.40. The Morgan fingerprint density at radius 3 is 2.39 bits per heavy atom. The zero-order valence-corrected chi connectivity index (χ0v) is 19.6. The van der Waals surface area contributed by atoms with E-state index in [-0.39, 0.29) is 11.8 Å². The first-order valence-electron chi connectivity index (χ1n) is 11.2. The summed E-state index contributed by atoms with van der Waals surface area (Å²) >= 11 is 12.2. The van der Waals surface area contributed by atoms with Gasteiger partial charge in [0.05, 0.1) is 10.0 Å². The largest absolute Gasteiger partial charge is 0.326 e. The lowest BCUT2D eigenvalue weighted by atomic mass is 9.94. The van der Waals surface area contributed by atoms with Crippen LogP contribution in [-0.4, -0.2) is 48.4 Å². The number of carbonyl (C=O) groups excluding carboxylic acids is 1. The molecule has 1 saturated heterocycles. The Morgan fingerprint density at radius 1 is 0.968 bits per heavy atom. The average molecular weight is 460 g/mol. The van der Waals surface area contributed by atoms with Crippen molar-refractivity contribution in [3.8, 4) is 0 Å². The van der Waals surface area contributed by atoms with Gasteiger partial charge in [-0.25, -0.2) is 0 Å². The summed E-state index contributed by atoms with van der Waals surface area (Å²) in [6.07, 6.45) is 3.29. The summed E-state index contributed by atoms with van der Waals surface area (Å²) in [5.74, 6) is 0.757. The first-order valence-corrected chi connectivity index (χ1v) is 12.0. The lowest BCUT2D eigenvalue weighted by Gasteiger charge is -2.36. The molecule has 2 aliphatic rings. The topological polar surface area (TPSA) is 35.6 Å². The fourth-order valence-corrected chi connectivity index (χ4v) is 5.15. The van der Waals surface area contributed by atoms with Crippen molar-refractivity contribution in [2.24, 2.45) is 11.8 Å². The van der Waals surface area contributed by atoms with Crippen LogP contribution in [0.1, 0.15) is 30.4 Å². The van der Waals surface area contributed by atoms with Gasteiger partial charge in [0.2, 0.25) is 5.91 Å². The molecule has 4 rings (SSSR count). The van der Waals surface area contributed by atoms with Crippen molar-refractivity contribution in [3.63, 3.8) is 0 Å². The smallest absolute Gasteiger partial charge is 0.227 e. The molecular formula is C25H31Cl2N3O. The molecule has 1 heterocycles. The van der Waals surface area contributed by atoms with Crippen LogP contribution in [0, 0.1) is 18.8 Å². The fourth-order valence-electron chi connectivity index (χ4n) is 4.83. The van der Waals surface area contributed by atoms with E-state index in [4.69, 9.17) is 23.2 Å². The quantitative estimate of drug-likeness (QED) is 0.621. The molecule has 0 bridgehead atoms. The number of amides is 1. The van der Waals surface area contributed by atoms with Gasteiger partial charge in [-0.2, -0.15) is 0 Å². The van der Waals surface area contributed by atoms with E-state index in [1.54, 1.807) is 0 Å². The van der Waals surface area contributed by atoms with Gasteiger partial charge in [0.25, 0.3) is 0 Å². The number of halogens is 2. The van der Waals surface area contributed by atoms with Gasteiger partial charge in [-0.3, -0.25) is 9.69 Å². The number of aryl methyl sites for hydroxylation is 1. The van der Waals surface area contributed by atoms with Crippen LogP contribution < -0.4 is 5.32 Å². The number of benzene rings is 2. The molecule has 6 heteroatoms. The first-order chi connectivity index (χ1) is 15.0. The van der Waals surface area contributed by atoms with E-state index in [9.17, 15) is 4.79 Å². The number of carbonyl (C=O) groups is 1. The van der Waals surface area contributed by atoms with E-state index >= 15 is 0 Å². The summed E-state index contributed by atoms with van der Waals surface area (Å²) in [5.41, 5.74) is 3.30. The average Bonchev–Trinajstić information content (AvgIpc) is 3.22. The highest BCUT2D eigenvalue weighted by atomic mass is 35.5. The van der Waals surface area contributed by atoms with Gasteiger partial charge in [-0.05, 0) is 55.5 Å². The summed E-state index contributed by atoms with van der Waals surface area (Å²) < 4.78 is 0. The van der Waals surface area contributed by atoms with Gasteiger partial charge >= 0.3 is 0 Å². The lowest BCUT2D eigenvalue weighted by Crippen LogP contribution is -2.48. The third kappa shape index (κ3) is 6.01. The van der Waals surface area contributed by atoms with E-state index in [0.717, 1.165) is 64.2 Å². The molecule has 4 nitrogen and oxygen atoms in total. The maximum Gasteiger partial charge on any atom is 0.227 e. The second-order valence-electron chi connectivity index (χ2n) is 8.98. The van der Waals surface area contributed by atoms with Crippen molar-refractivity contribution in [1.82, 2.24) is 9.80 Å². The second kappa shape index (κ2) is 10.4. The third-order valence-electron chi connectivity index (χ3n) is 6.66.